The highest BCUT2D eigenvalue weighted by Crippen LogP contribution is 2.27. The zero-order chi connectivity index (χ0) is 12.8. The van der Waals surface area contributed by atoms with Crippen molar-refractivity contribution < 1.29 is 0 Å². The van der Waals surface area contributed by atoms with Crippen LogP contribution in [0.15, 0.2) is 24.3 Å². The standard InChI is InChI=1S/C15H19ClN2/c16-13-8-5-9-14(10-13)18-15(11-17)12-6-3-1-2-4-7-12/h5,8-10,12,15,18H,1-4,6-7H2. The van der Waals surface area contributed by atoms with Gasteiger partial charge in [-0.05, 0) is 37.0 Å². The van der Waals surface area contributed by atoms with E-state index in [-0.39, 0.29) is 6.04 Å². The molecule has 1 aromatic carbocycles. The number of hydrogen-bond acceptors (Lipinski definition) is 2. The summed E-state index contributed by atoms with van der Waals surface area (Å²) in [4.78, 5) is 0. The number of nitrogens with zero attached hydrogens (tertiary/aromatic N) is 1. The number of benzene rings is 1. The summed E-state index contributed by atoms with van der Waals surface area (Å²) in [7, 11) is 0. The molecule has 1 aliphatic carbocycles. The third-order valence-corrected chi connectivity index (χ3v) is 3.89. The molecule has 0 saturated heterocycles. The van der Waals surface area contributed by atoms with E-state index in [0.717, 1.165) is 18.5 Å². The van der Waals surface area contributed by atoms with Gasteiger partial charge in [-0.15, -0.1) is 0 Å². The first-order valence-corrected chi connectivity index (χ1v) is 7.09. The number of nitriles is 1. The van der Waals surface area contributed by atoms with Crippen molar-refractivity contribution in [1.29, 1.82) is 5.26 Å². The van der Waals surface area contributed by atoms with Crippen molar-refractivity contribution >= 4 is 17.3 Å². The Morgan fingerprint density at radius 1 is 1.22 bits per heavy atom. The van der Waals surface area contributed by atoms with Crippen LogP contribution in [0.3, 0.4) is 0 Å². The van der Waals surface area contributed by atoms with E-state index in [1.807, 2.05) is 24.3 Å². The fourth-order valence-electron chi connectivity index (χ4n) is 2.66. The highest BCUT2D eigenvalue weighted by molar-refractivity contribution is 6.30. The van der Waals surface area contributed by atoms with Gasteiger partial charge in [0.05, 0.1) is 6.07 Å². The molecule has 0 aromatic heterocycles. The summed E-state index contributed by atoms with van der Waals surface area (Å²) in [6.45, 7) is 0. The van der Waals surface area contributed by atoms with Crippen molar-refractivity contribution in [3.8, 4) is 6.07 Å². The fourth-order valence-corrected chi connectivity index (χ4v) is 2.85. The molecule has 1 saturated carbocycles. The molecule has 3 heteroatoms. The van der Waals surface area contributed by atoms with Crippen LogP contribution in [0.1, 0.15) is 38.5 Å². The lowest BCUT2D eigenvalue weighted by Gasteiger charge is -2.22. The molecule has 2 rings (SSSR count). The Morgan fingerprint density at radius 2 is 1.94 bits per heavy atom. The topological polar surface area (TPSA) is 35.8 Å². The molecule has 18 heavy (non-hydrogen) atoms. The Kier molecular flexibility index (Phi) is 4.90. The number of anilines is 1. The van der Waals surface area contributed by atoms with Gasteiger partial charge in [0, 0.05) is 10.7 Å². The molecule has 96 valence electrons. The van der Waals surface area contributed by atoms with Crippen molar-refractivity contribution in [1.82, 2.24) is 0 Å². The predicted octanol–water partition coefficient (Wildman–Crippen LogP) is 4.61. The van der Waals surface area contributed by atoms with Gasteiger partial charge in [0.15, 0.2) is 0 Å². The molecule has 0 heterocycles. The normalized spacial score (nSPS) is 18.7. The van der Waals surface area contributed by atoms with Crippen LogP contribution in [0.4, 0.5) is 5.69 Å². The van der Waals surface area contributed by atoms with Crippen LogP contribution in [0, 0.1) is 17.2 Å². The summed E-state index contributed by atoms with van der Waals surface area (Å²) in [5.41, 5.74) is 0.943. The maximum absolute atomic E-state index is 9.36. The van der Waals surface area contributed by atoms with Crippen molar-refractivity contribution in [2.45, 2.75) is 44.6 Å². The predicted molar refractivity (Wildman–Crippen MR) is 75.7 cm³/mol. The molecule has 0 spiro atoms. The van der Waals surface area contributed by atoms with E-state index in [1.54, 1.807) is 0 Å². The van der Waals surface area contributed by atoms with Crippen molar-refractivity contribution in [3.05, 3.63) is 29.3 Å². The summed E-state index contributed by atoms with van der Waals surface area (Å²) in [5.74, 6) is 0.469. The minimum absolute atomic E-state index is 0.0958. The second-order valence-electron chi connectivity index (χ2n) is 5.01. The fraction of sp³-hybridized carbons (Fsp3) is 0.533. The Morgan fingerprint density at radius 3 is 2.56 bits per heavy atom. The smallest absolute Gasteiger partial charge is 0.117 e. The van der Waals surface area contributed by atoms with E-state index in [1.165, 1.54) is 25.7 Å². The third-order valence-electron chi connectivity index (χ3n) is 3.66. The monoisotopic (exact) mass is 262 g/mol. The van der Waals surface area contributed by atoms with E-state index in [0.29, 0.717) is 10.9 Å². The largest absolute Gasteiger partial charge is 0.370 e. The van der Waals surface area contributed by atoms with Gasteiger partial charge in [-0.25, -0.2) is 0 Å². The van der Waals surface area contributed by atoms with Gasteiger partial charge in [0.2, 0.25) is 0 Å². The molecule has 0 aliphatic heterocycles. The minimum atomic E-state index is -0.0958. The maximum Gasteiger partial charge on any atom is 0.117 e. The molecule has 1 aromatic rings. The Labute approximate surface area is 114 Å². The summed E-state index contributed by atoms with van der Waals surface area (Å²) >= 11 is 5.96. The summed E-state index contributed by atoms with van der Waals surface area (Å²) in [5, 5.41) is 13.4. The lowest BCUT2D eigenvalue weighted by molar-refractivity contribution is 0.439. The van der Waals surface area contributed by atoms with Gasteiger partial charge in [0.1, 0.15) is 6.04 Å². The van der Waals surface area contributed by atoms with Crippen molar-refractivity contribution in [3.63, 3.8) is 0 Å². The average molecular weight is 263 g/mol. The molecule has 0 amide bonds. The first kappa shape index (κ1) is 13.2. The second-order valence-corrected chi connectivity index (χ2v) is 5.45. The Bertz CT molecular complexity index is 417. The molecule has 1 unspecified atom stereocenters. The molecule has 0 bridgehead atoms. The molecular formula is C15H19ClN2. The highest BCUT2D eigenvalue weighted by atomic mass is 35.5. The Hall–Kier alpha value is -1.20. The maximum atomic E-state index is 9.36. The van der Waals surface area contributed by atoms with Gasteiger partial charge in [0.25, 0.3) is 0 Å². The van der Waals surface area contributed by atoms with Crippen molar-refractivity contribution in [2.24, 2.45) is 5.92 Å². The van der Waals surface area contributed by atoms with Crippen LogP contribution >= 0.6 is 11.6 Å². The van der Waals surface area contributed by atoms with Gasteiger partial charge in [-0.3, -0.25) is 0 Å². The lowest BCUT2D eigenvalue weighted by Crippen LogP contribution is -2.27. The number of hydrogen-bond donors (Lipinski definition) is 1. The second kappa shape index (κ2) is 6.66. The molecule has 2 nitrogen and oxygen atoms in total. The van der Waals surface area contributed by atoms with Crippen LogP contribution < -0.4 is 5.32 Å². The summed E-state index contributed by atoms with van der Waals surface area (Å²) in [6.07, 6.45) is 7.44. The molecule has 1 aliphatic rings. The van der Waals surface area contributed by atoms with Crippen LogP contribution in [-0.2, 0) is 0 Å². The quantitative estimate of drug-likeness (QED) is 0.807. The average Bonchev–Trinajstić information content (AvgIpc) is 2.65. The van der Waals surface area contributed by atoms with E-state index in [2.05, 4.69) is 11.4 Å². The first-order valence-electron chi connectivity index (χ1n) is 6.71. The van der Waals surface area contributed by atoms with E-state index in [9.17, 15) is 5.26 Å². The molecule has 1 N–H and O–H groups in total. The SMILES string of the molecule is N#CC(Nc1cccc(Cl)c1)C1CCCCCC1. The van der Waals surface area contributed by atoms with E-state index in [4.69, 9.17) is 11.6 Å². The number of halogens is 1. The molecule has 1 fully saturated rings. The highest BCUT2D eigenvalue weighted by Gasteiger charge is 2.22. The minimum Gasteiger partial charge on any atom is -0.370 e. The zero-order valence-electron chi connectivity index (χ0n) is 10.5. The van der Waals surface area contributed by atoms with Crippen LogP contribution in [0.5, 0.6) is 0 Å². The molecule has 1 atom stereocenters. The summed E-state index contributed by atoms with van der Waals surface area (Å²) < 4.78 is 0. The summed E-state index contributed by atoms with van der Waals surface area (Å²) in [6, 6.07) is 9.92. The van der Waals surface area contributed by atoms with Gasteiger partial charge < -0.3 is 5.32 Å². The number of nitrogens with one attached hydrogen (secondary N) is 1. The van der Waals surface area contributed by atoms with Crippen LogP contribution in [-0.4, -0.2) is 6.04 Å². The lowest BCUT2D eigenvalue weighted by atomic mass is 9.92. The third kappa shape index (κ3) is 3.65. The first-order chi connectivity index (χ1) is 8.79. The van der Waals surface area contributed by atoms with Crippen LogP contribution in [0.2, 0.25) is 5.02 Å². The van der Waals surface area contributed by atoms with Gasteiger partial charge in [-0.2, -0.15) is 5.26 Å². The molecule has 0 radical (unpaired) electrons. The zero-order valence-corrected chi connectivity index (χ0v) is 11.3. The van der Waals surface area contributed by atoms with E-state index < -0.39 is 0 Å². The van der Waals surface area contributed by atoms with Gasteiger partial charge >= 0.3 is 0 Å². The Balaban J connectivity index is 2.02. The number of rotatable bonds is 3. The molecular weight excluding hydrogens is 244 g/mol. The van der Waals surface area contributed by atoms with E-state index >= 15 is 0 Å². The van der Waals surface area contributed by atoms with Gasteiger partial charge in [-0.1, -0.05) is 43.4 Å². The van der Waals surface area contributed by atoms with Crippen molar-refractivity contribution in [2.75, 3.05) is 5.32 Å². The van der Waals surface area contributed by atoms with Crippen LogP contribution in [0.25, 0.3) is 0 Å².